The molecule has 3 amide bonds. The Balaban J connectivity index is 2.34. The van der Waals surface area contributed by atoms with E-state index in [9.17, 15) is 19.2 Å². The van der Waals surface area contributed by atoms with Crippen LogP contribution in [0.3, 0.4) is 0 Å². The lowest BCUT2D eigenvalue weighted by Crippen LogP contribution is -2.53. The molecule has 0 radical (unpaired) electrons. The Kier molecular flexibility index (Phi) is 3.00. The first-order chi connectivity index (χ1) is 10.4. The van der Waals surface area contributed by atoms with Crippen molar-refractivity contribution in [2.75, 3.05) is 14.2 Å². The normalized spacial score (nSPS) is 26.4. The van der Waals surface area contributed by atoms with Crippen molar-refractivity contribution < 1.29 is 23.9 Å². The number of rotatable bonds is 1. The van der Waals surface area contributed by atoms with Gasteiger partial charge in [0, 0.05) is 23.2 Å². The fraction of sp³-hybridized carbons (Fsp3) is 0.286. The highest BCUT2D eigenvalue weighted by Crippen LogP contribution is 2.47. The smallest absolute Gasteiger partial charge is 0.321 e. The van der Waals surface area contributed by atoms with Gasteiger partial charge >= 0.3 is 5.97 Å². The minimum atomic E-state index is -1.76. The number of amides is 3. The molecule has 1 spiro atoms. The van der Waals surface area contributed by atoms with Crippen molar-refractivity contribution in [2.45, 2.75) is 5.54 Å². The number of hydrogen-bond acceptors (Lipinski definition) is 5. The van der Waals surface area contributed by atoms with Crippen molar-refractivity contribution in [3.05, 3.63) is 34.3 Å². The lowest BCUT2D eigenvalue weighted by molar-refractivity contribution is -0.154. The lowest BCUT2D eigenvalue weighted by Gasteiger charge is -2.33. The second-order valence-corrected chi connectivity index (χ2v) is 5.53. The van der Waals surface area contributed by atoms with Crippen molar-refractivity contribution >= 4 is 35.3 Å². The third-order valence-electron chi connectivity index (χ3n) is 4.16. The third kappa shape index (κ3) is 1.51. The summed E-state index contributed by atoms with van der Waals surface area (Å²) in [6.07, 6.45) is 0. The van der Waals surface area contributed by atoms with E-state index in [2.05, 4.69) is 10.1 Å². The monoisotopic (exact) mass is 322 g/mol. The average Bonchev–Trinajstić information content (AvgIpc) is 2.86. The molecule has 0 saturated carbocycles. The van der Waals surface area contributed by atoms with Crippen molar-refractivity contribution in [3.8, 4) is 0 Å². The highest BCUT2D eigenvalue weighted by atomic mass is 35.5. The van der Waals surface area contributed by atoms with E-state index in [4.69, 9.17) is 11.6 Å². The zero-order chi connectivity index (χ0) is 16.2. The van der Waals surface area contributed by atoms with Gasteiger partial charge in [-0.15, -0.1) is 0 Å². The van der Waals surface area contributed by atoms with Gasteiger partial charge in [0.15, 0.2) is 11.5 Å². The van der Waals surface area contributed by atoms with E-state index in [1.165, 1.54) is 25.2 Å². The summed E-state index contributed by atoms with van der Waals surface area (Å²) >= 11 is 5.96. The predicted molar refractivity (Wildman–Crippen MR) is 73.9 cm³/mol. The molecule has 114 valence electrons. The molecule has 1 aromatic carbocycles. The number of fused-ring (bicyclic) bond motifs is 2. The largest absolute Gasteiger partial charge is 0.468 e. The second-order valence-electron chi connectivity index (χ2n) is 5.10. The molecule has 1 saturated heterocycles. The number of nitrogens with one attached hydrogen (secondary N) is 1. The van der Waals surface area contributed by atoms with Gasteiger partial charge in [0.25, 0.3) is 11.8 Å². The molecule has 2 atom stereocenters. The highest BCUT2D eigenvalue weighted by Gasteiger charge is 2.67. The van der Waals surface area contributed by atoms with Crippen LogP contribution < -0.4 is 5.32 Å². The van der Waals surface area contributed by atoms with Gasteiger partial charge in [-0.3, -0.25) is 24.5 Å². The minimum absolute atomic E-state index is 0.227. The van der Waals surface area contributed by atoms with Crippen molar-refractivity contribution in [3.63, 3.8) is 0 Å². The Morgan fingerprint density at radius 2 is 2.05 bits per heavy atom. The Morgan fingerprint density at radius 1 is 1.36 bits per heavy atom. The van der Waals surface area contributed by atoms with Gasteiger partial charge in [-0.2, -0.15) is 0 Å². The maximum atomic E-state index is 12.5. The van der Waals surface area contributed by atoms with Gasteiger partial charge < -0.3 is 9.64 Å². The van der Waals surface area contributed by atoms with E-state index in [1.54, 1.807) is 0 Å². The molecule has 2 unspecified atom stereocenters. The van der Waals surface area contributed by atoms with Gasteiger partial charge in [-0.25, -0.2) is 0 Å². The Morgan fingerprint density at radius 3 is 2.68 bits per heavy atom. The maximum absolute atomic E-state index is 12.5. The first-order valence-corrected chi connectivity index (χ1v) is 6.74. The lowest BCUT2D eigenvalue weighted by atomic mass is 9.79. The van der Waals surface area contributed by atoms with Crippen LogP contribution in [0.15, 0.2) is 18.2 Å². The molecule has 8 heteroatoms. The number of carbonyl (C=O) groups excluding carboxylic acids is 4. The van der Waals surface area contributed by atoms with Gasteiger partial charge in [-0.05, 0) is 18.2 Å². The summed E-state index contributed by atoms with van der Waals surface area (Å²) < 4.78 is 4.65. The number of methoxy groups -OCH3 is 1. The van der Waals surface area contributed by atoms with Crippen LogP contribution in [0.4, 0.5) is 0 Å². The molecule has 1 N–H and O–H groups in total. The Hall–Kier alpha value is -2.41. The summed E-state index contributed by atoms with van der Waals surface area (Å²) in [5.74, 6) is -4.38. The molecule has 2 heterocycles. The van der Waals surface area contributed by atoms with E-state index in [0.29, 0.717) is 0 Å². The van der Waals surface area contributed by atoms with Crippen LogP contribution >= 0.6 is 11.6 Å². The molecular formula is C14H11ClN2O5. The van der Waals surface area contributed by atoms with Crippen LogP contribution in [0.1, 0.15) is 15.9 Å². The standard InChI is InChI=1S/C14H11ClN2O5/c1-17-11(19)7-4-3-6(15)5-8(7)14(17)9(12(20)22-2)10(18)16-13(14)21/h3-5,9H,1-2H3,(H,16,18,21). The molecule has 1 fully saturated rings. The van der Waals surface area contributed by atoms with Crippen LogP contribution in [0.25, 0.3) is 0 Å². The van der Waals surface area contributed by atoms with E-state index in [-0.39, 0.29) is 16.1 Å². The van der Waals surface area contributed by atoms with Crippen LogP contribution in [0, 0.1) is 5.92 Å². The molecule has 0 bridgehead atoms. The first-order valence-electron chi connectivity index (χ1n) is 6.37. The van der Waals surface area contributed by atoms with Crippen molar-refractivity contribution in [1.29, 1.82) is 0 Å². The third-order valence-corrected chi connectivity index (χ3v) is 4.39. The number of ether oxygens (including phenoxy) is 1. The number of imide groups is 1. The zero-order valence-electron chi connectivity index (χ0n) is 11.7. The Bertz CT molecular complexity index is 747. The number of benzene rings is 1. The quantitative estimate of drug-likeness (QED) is 0.448. The Labute approximate surface area is 130 Å². The van der Waals surface area contributed by atoms with Crippen LogP contribution in [-0.2, 0) is 24.7 Å². The summed E-state index contributed by atoms with van der Waals surface area (Å²) in [5.41, 5.74) is -1.31. The van der Waals surface area contributed by atoms with Gasteiger partial charge in [0.2, 0.25) is 5.91 Å². The average molecular weight is 323 g/mol. The summed E-state index contributed by atoms with van der Waals surface area (Å²) in [6, 6.07) is 4.40. The molecule has 3 rings (SSSR count). The number of hydrogen-bond donors (Lipinski definition) is 1. The summed E-state index contributed by atoms with van der Waals surface area (Å²) in [6.45, 7) is 0. The highest BCUT2D eigenvalue weighted by molar-refractivity contribution is 6.31. The van der Waals surface area contributed by atoms with E-state index in [1.807, 2.05) is 0 Å². The molecule has 1 aromatic rings. The summed E-state index contributed by atoms with van der Waals surface area (Å²) in [7, 11) is 2.48. The van der Waals surface area contributed by atoms with Crippen molar-refractivity contribution in [1.82, 2.24) is 10.2 Å². The maximum Gasteiger partial charge on any atom is 0.321 e. The number of likely N-dealkylation sites (N-methyl/N-ethyl adjacent to an activating group) is 1. The van der Waals surface area contributed by atoms with Crippen LogP contribution in [0.2, 0.25) is 5.02 Å². The van der Waals surface area contributed by atoms with E-state index < -0.39 is 35.1 Å². The van der Waals surface area contributed by atoms with E-state index in [0.717, 1.165) is 12.0 Å². The molecule has 0 aliphatic carbocycles. The first kappa shape index (κ1) is 14.5. The number of nitrogens with zero attached hydrogens (tertiary/aromatic N) is 1. The fourth-order valence-corrected chi connectivity index (χ4v) is 3.33. The van der Waals surface area contributed by atoms with Gasteiger partial charge in [0.05, 0.1) is 7.11 Å². The van der Waals surface area contributed by atoms with Crippen LogP contribution in [0.5, 0.6) is 0 Å². The molecule has 2 aliphatic heterocycles. The minimum Gasteiger partial charge on any atom is -0.468 e. The number of esters is 1. The predicted octanol–water partition coefficient (Wildman–Crippen LogP) is 0.0665. The number of halogens is 1. The van der Waals surface area contributed by atoms with E-state index >= 15 is 0 Å². The second kappa shape index (κ2) is 4.54. The van der Waals surface area contributed by atoms with Gasteiger partial charge in [-0.1, -0.05) is 11.6 Å². The van der Waals surface area contributed by atoms with Crippen molar-refractivity contribution in [2.24, 2.45) is 5.92 Å². The molecular weight excluding hydrogens is 312 g/mol. The summed E-state index contributed by atoms with van der Waals surface area (Å²) in [4.78, 5) is 50.2. The molecule has 0 aromatic heterocycles. The van der Waals surface area contributed by atoms with Crippen LogP contribution in [-0.4, -0.2) is 42.7 Å². The van der Waals surface area contributed by atoms with Gasteiger partial charge in [0.1, 0.15) is 0 Å². The SMILES string of the molecule is COC(=O)C1C(=O)NC(=O)C12c1cc(Cl)ccc1C(=O)N2C. The topological polar surface area (TPSA) is 92.8 Å². The molecule has 7 nitrogen and oxygen atoms in total. The molecule has 2 aliphatic rings. The zero-order valence-corrected chi connectivity index (χ0v) is 12.4. The number of carbonyl (C=O) groups is 4. The summed E-state index contributed by atoms with van der Waals surface area (Å²) in [5, 5.41) is 2.40. The fourth-order valence-electron chi connectivity index (χ4n) is 3.16. The molecule has 22 heavy (non-hydrogen) atoms.